The zero-order valence-corrected chi connectivity index (χ0v) is 10.6. The molecular formula is C14H16N2S. The van der Waals surface area contributed by atoms with Gasteiger partial charge in [-0.05, 0) is 41.1 Å². The van der Waals surface area contributed by atoms with Crippen LogP contribution in [0.25, 0.3) is 11.1 Å². The van der Waals surface area contributed by atoms with Gasteiger partial charge in [-0.25, -0.2) is 0 Å². The molecule has 2 nitrogen and oxygen atoms in total. The average Bonchev–Trinajstić information content (AvgIpc) is 2.37. The predicted molar refractivity (Wildman–Crippen MR) is 76.6 cm³/mol. The Balaban J connectivity index is 2.26. The van der Waals surface area contributed by atoms with Crippen molar-refractivity contribution in [2.75, 3.05) is 12.0 Å². The Morgan fingerprint density at radius 2 is 1.76 bits per heavy atom. The molecule has 0 atom stereocenters. The second-order valence-electron chi connectivity index (χ2n) is 3.85. The molecule has 0 unspecified atom stereocenters. The van der Waals surface area contributed by atoms with Crippen LogP contribution >= 0.6 is 11.9 Å². The summed E-state index contributed by atoms with van der Waals surface area (Å²) in [6, 6.07) is 16.5. The standard InChI is InChI=1S/C14H16N2S/c1-17-16-10-11-4-2-5-12(8-11)13-6-3-7-14(15)9-13/h2-9,16H,10,15H2,1H3. The molecule has 2 aromatic carbocycles. The second kappa shape index (κ2) is 5.75. The van der Waals surface area contributed by atoms with Crippen LogP contribution in [0.1, 0.15) is 5.56 Å². The largest absolute Gasteiger partial charge is 0.399 e. The van der Waals surface area contributed by atoms with E-state index in [0.717, 1.165) is 17.8 Å². The van der Waals surface area contributed by atoms with Crippen LogP contribution in [-0.4, -0.2) is 6.26 Å². The van der Waals surface area contributed by atoms with Gasteiger partial charge in [0.2, 0.25) is 0 Å². The minimum atomic E-state index is 0.801. The summed E-state index contributed by atoms with van der Waals surface area (Å²) in [4.78, 5) is 0. The zero-order valence-electron chi connectivity index (χ0n) is 9.81. The van der Waals surface area contributed by atoms with Gasteiger partial charge in [-0.15, -0.1) is 0 Å². The zero-order chi connectivity index (χ0) is 12.1. The molecule has 0 amide bonds. The van der Waals surface area contributed by atoms with Gasteiger partial charge in [-0.2, -0.15) is 0 Å². The van der Waals surface area contributed by atoms with Crippen molar-refractivity contribution in [3.63, 3.8) is 0 Å². The van der Waals surface area contributed by atoms with Gasteiger partial charge in [-0.1, -0.05) is 42.3 Å². The highest BCUT2D eigenvalue weighted by Gasteiger charge is 1.99. The van der Waals surface area contributed by atoms with Crippen molar-refractivity contribution in [1.29, 1.82) is 0 Å². The molecule has 0 radical (unpaired) electrons. The quantitative estimate of drug-likeness (QED) is 0.640. The summed E-state index contributed by atoms with van der Waals surface area (Å²) in [7, 11) is 0. The van der Waals surface area contributed by atoms with Crippen LogP contribution in [0, 0.1) is 0 Å². The number of anilines is 1. The van der Waals surface area contributed by atoms with Gasteiger partial charge in [0.05, 0.1) is 0 Å². The number of rotatable bonds is 4. The Morgan fingerprint density at radius 3 is 2.47 bits per heavy atom. The van der Waals surface area contributed by atoms with Gasteiger partial charge in [0.25, 0.3) is 0 Å². The van der Waals surface area contributed by atoms with Crippen molar-refractivity contribution < 1.29 is 0 Å². The van der Waals surface area contributed by atoms with Crippen LogP contribution < -0.4 is 10.5 Å². The Hall–Kier alpha value is -1.45. The third-order valence-corrected chi connectivity index (χ3v) is 3.00. The van der Waals surface area contributed by atoms with Crippen molar-refractivity contribution >= 4 is 17.6 Å². The molecule has 2 rings (SSSR count). The molecule has 0 heterocycles. The molecule has 0 saturated heterocycles. The summed E-state index contributed by atoms with van der Waals surface area (Å²) in [5.41, 5.74) is 10.2. The van der Waals surface area contributed by atoms with Crippen LogP contribution in [0.2, 0.25) is 0 Å². The lowest BCUT2D eigenvalue weighted by Crippen LogP contribution is -2.01. The molecule has 88 valence electrons. The van der Waals surface area contributed by atoms with E-state index in [-0.39, 0.29) is 0 Å². The van der Waals surface area contributed by atoms with E-state index >= 15 is 0 Å². The van der Waals surface area contributed by atoms with E-state index in [9.17, 15) is 0 Å². The first kappa shape index (κ1) is 12.0. The number of nitrogen functional groups attached to an aromatic ring is 1. The average molecular weight is 244 g/mol. The van der Waals surface area contributed by atoms with Crippen LogP contribution in [0.15, 0.2) is 48.5 Å². The van der Waals surface area contributed by atoms with Crippen LogP contribution in [-0.2, 0) is 6.54 Å². The van der Waals surface area contributed by atoms with Gasteiger partial charge in [0, 0.05) is 12.2 Å². The third kappa shape index (κ3) is 3.25. The number of hydrogen-bond acceptors (Lipinski definition) is 3. The van der Waals surface area contributed by atoms with Crippen molar-refractivity contribution in [3.05, 3.63) is 54.1 Å². The summed E-state index contributed by atoms with van der Waals surface area (Å²) >= 11 is 1.63. The Bertz CT molecular complexity index is 497. The Morgan fingerprint density at radius 1 is 1.06 bits per heavy atom. The molecule has 0 spiro atoms. The first-order chi connectivity index (χ1) is 8.29. The van der Waals surface area contributed by atoms with Crippen molar-refractivity contribution in [2.24, 2.45) is 0 Å². The Kier molecular flexibility index (Phi) is 4.07. The maximum Gasteiger partial charge on any atom is 0.0320 e. The lowest BCUT2D eigenvalue weighted by atomic mass is 10.0. The molecule has 0 saturated carbocycles. The molecule has 3 heteroatoms. The fourth-order valence-corrected chi connectivity index (χ4v) is 2.05. The highest BCUT2D eigenvalue weighted by atomic mass is 32.2. The monoisotopic (exact) mass is 244 g/mol. The predicted octanol–water partition coefficient (Wildman–Crippen LogP) is 3.30. The van der Waals surface area contributed by atoms with E-state index in [4.69, 9.17) is 5.73 Å². The van der Waals surface area contributed by atoms with Crippen molar-refractivity contribution in [3.8, 4) is 11.1 Å². The molecule has 0 aromatic heterocycles. The first-order valence-electron chi connectivity index (χ1n) is 5.50. The van der Waals surface area contributed by atoms with Crippen LogP contribution in [0.3, 0.4) is 0 Å². The van der Waals surface area contributed by atoms with E-state index in [0.29, 0.717) is 0 Å². The topological polar surface area (TPSA) is 38.0 Å². The Labute approximate surface area is 106 Å². The van der Waals surface area contributed by atoms with Gasteiger partial charge in [0.1, 0.15) is 0 Å². The van der Waals surface area contributed by atoms with Gasteiger partial charge in [-0.3, -0.25) is 4.72 Å². The van der Waals surface area contributed by atoms with Gasteiger partial charge >= 0.3 is 0 Å². The van der Waals surface area contributed by atoms with E-state index in [1.165, 1.54) is 11.1 Å². The first-order valence-corrected chi connectivity index (χ1v) is 6.73. The highest BCUT2D eigenvalue weighted by molar-refractivity contribution is 7.96. The minimum absolute atomic E-state index is 0.801. The molecule has 0 aliphatic heterocycles. The van der Waals surface area contributed by atoms with Crippen molar-refractivity contribution in [2.45, 2.75) is 6.54 Å². The molecule has 0 bridgehead atoms. The van der Waals surface area contributed by atoms with Gasteiger partial charge < -0.3 is 5.73 Å². The van der Waals surface area contributed by atoms with E-state index in [1.54, 1.807) is 11.9 Å². The maximum absolute atomic E-state index is 5.80. The molecule has 0 fully saturated rings. The summed E-state index contributed by atoms with van der Waals surface area (Å²) in [5.74, 6) is 0. The summed E-state index contributed by atoms with van der Waals surface area (Å²) in [6.45, 7) is 0.872. The maximum atomic E-state index is 5.80. The third-order valence-electron chi connectivity index (χ3n) is 2.57. The fourth-order valence-electron chi connectivity index (χ4n) is 1.73. The summed E-state index contributed by atoms with van der Waals surface area (Å²) in [6.07, 6.45) is 2.03. The molecule has 2 aromatic rings. The van der Waals surface area contributed by atoms with E-state index < -0.39 is 0 Å². The molecule has 3 N–H and O–H groups in total. The molecule has 17 heavy (non-hydrogen) atoms. The van der Waals surface area contributed by atoms with Gasteiger partial charge in [0.15, 0.2) is 0 Å². The number of hydrogen-bond donors (Lipinski definition) is 2. The van der Waals surface area contributed by atoms with Crippen molar-refractivity contribution in [1.82, 2.24) is 4.72 Å². The summed E-state index contributed by atoms with van der Waals surface area (Å²) < 4.78 is 3.25. The summed E-state index contributed by atoms with van der Waals surface area (Å²) in [5, 5.41) is 0. The fraction of sp³-hybridized carbons (Fsp3) is 0.143. The minimum Gasteiger partial charge on any atom is -0.399 e. The number of nitrogens with one attached hydrogen (secondary N) is 1. The lowest BCUT2D eigenvalue weighted by molar-refractivity contribution is 0.980. The molecular weight excluding hydrogens is 228 g/mol. The number of benzene rings is 2. The SMILES string of the molecule is CSNCc1cccc(-c2cccc(N)c2)c1. The highest BCUT2D eigenvalue weighted by Crippen LogP contribution is 2.22. The smallest absolute Gasteiger partial charge is 0.0320 e. The normalized spacial score (nSPS) is 10.4. The van der Waals surface area contributed by atoms with Crippen LogP contribution in [0.5, 0.6) is 0 Å². The van der Waals surface area contributed by atoms with Crippen LogP contribution in [0.4, 0.5) is 5.69 Å². The molecule has 0 aliphatic carbocycles. The molecule has 0 aliphatic rings. The van der Waals surface area contributed by atoms with E-state index in [1.807, 2.05) is 24.5 Å². The van der Waals surface area contributed by atoms with E-state index in [2.05, 4.69) is 35.1 Å². The number of nitrogens with two attached hydrogens (primary N) is 1. The second-order valence-corrected chi connectivity index (χ2v) is 4.55. The lowest BCUT2D eigenvalue weighted by Gasteiger charge is -2.06.